The normalized spacial score (nSPS) is 12.9. The maximum Gasteiger partial charge on any atom is 0.314 e. The number of hydrogen-bond donors (Lipinski definition) is 1. The highest BCUT2D eigenvalue weighted by Crippen LogP contribution is 2.25. The van der Waals surface area contributed by atoms with Gasteiger partial charge in [-0.1, -0.05) is 66.9 Å². The van der Waals surface area contributed by atoms with Crippen LogP contribution in [0.1, 0.15) is 38.2 Å². The van der Waals surface area contributed by atoms with Gasteiger partial charge in [-0.15, -0.1) is 0 Å². The first kappa shape index (κ1) is 20.3. The highest BCUT2D eigenvalue weighted by Gasteiger charge is 2.25. The number of halogens is 2. The molecule has 0 heterocycles. The summed E-state index contributed by atoms with van der Waals surface area (Å²) in [6.07, 6.45) is 0.542. The minimum atomic E-state index is -0.941. The Bertz CT molecular complexity index is 745. The second kappa shape index (κ2) is 9.60. The molecule has 26 heavy (non-hydrogen) atoms. The lowest BCUT2D eigenvalue weighted by atomic mass is 9.94. The second-order valence-corrected chi connectivity index (χ2v) is 6.85. The molecule has 0 fully saturated rings. The standard InChI is InChI=1S/C20H21Cl2NO3/c1-3-7-18(14-8-5-4-6-9-14)20(25)26-13(2)19(24)23-17-11-15(21)10-16(22)12-17/h4-6,8-13,18H,3,7H2,1-2H3,(H,23,24). The molecule has 2 unspecified atom stereocenters. The van der Waals surface area contributed by atoms with Gasteiger partial charge < -0.3 is 10.1 Å². The molecule has 0 aliphatic heterocycles. The van der Waals surface area contributed by atoms with Crippen LogP contribution in [0.5, 0.6) is 0 Å². The van der Waals surface area contributed by atoms with Crippen LogP contribution in [0.15, 0.2) is 48.5 Å². The zero-order chi connectivity index (χ0) is 19.1. The van der Waals surface area contributed by atoms with Crippen molar-refractivity contribution in [1.29, 1.82) is 0 Å². The van der Waals surface area contributed by atoms with Crippen LogP contribution in [0.25, 0.3) is 0 Å². The molecule has 0 bridgehead atoms. The van der Waals surface area contributed by atoms with Gasteiger partial charge in [0.25, 0.3) is 5.91 Å². The van der Waals surface area contributed by atoms with Crippen molar-refractivity contribution in [2.75, 3.05) is 5.32 Å². The summed E-state index contributed by atoms with van der Waals surface area (Å²) < 4.78 is 5.40. The molecule has 0 aliphatic rings. The molecular formula is C20H21Cl2NO3. The molecule has 2 rings (SSSR count). The number of hydrogen-bond acceptors (Lipinski definition) is 3. The minimum absolute atomic E-state index is 0.392. The molecule has 6 heteroatoms. The van der Waals surface area contributed by atoms with Crippen molar-refractivity contribution in [3.63, 3.8) is 0 Å². The summed E-state index contributed by atoms with van der Waals surface area (Å²) >= 11 is 11.8. The van der Waals surface area contributed by atoms with Gasteiger partial charge in [-0.3, -0.25) is 9.59 Å². The minimum Gasteiger partial charge on any atom is -0.452 e. The van der Waals surface area contributed by atoms with E-state index in [1.807, 2.05) is 37.3 Å². The summed E-state index contributed by atoms with van der Waals surface area (Å²) in [6, 6.07) is 14.1. The smallest absolute Gasteiger partial charge is 0.314 e. The zero-order valence-corrected chi connectivity index (χ0v) is 16.2. The number of amides is 1. The van der Waals surface area contributed by atoms with Crippen LogP contribution < -0.4 is 5.32 Å². The molecule has 0 saturated carbocycles. The summed E-state index contributed by atoms with van der Waals surface area (Å²) in [5.74, 6) is -1.25. The van der Waals surface area contributed by atoms with Crippen molar-refractivity contribution in [2.45, 2.75) is 38.7 Å². The predicted molar refractivity (Wildman–Crippen MR) is 105 cm³/mol. The van der Waals surface area contributed by atoms with E-state index in [0.29, 0.717) is 22.2 Å². The van der Waals surface area contributed by atoms with Gasteiger partial charge in [-0.05, 0) is 37.1 Å². The average molecular weight is 394 g/mol. The van der Waals surface area contributed by atoms with Crippen molar-refractivity contribution in [2.24, 2.45) is 0 Å². The third-order valence-electron chi connectivity index (χ3n) is 3.86. The Kier molecular flexibility index (Phi) is 7.49. The molecule has 1 N–H and O–H groups in total. The highest BCUT2D eigenvalue weighted by atomic mass is 35.5. The van der Waals surface area contributed by atoms with E-state index in [-0.39, 0.29) is 0 Å². The molecule has 0 spiro atoms. The van der Waals surface area contributed by atoms with E-state index < -0.39 is 23.9 Å². The van der Waals surface area contributed by atoms with Crippen LogP contribution in [0, 0.1) is 0 Å². The Morgan fingerprint density at radius 3 is 2.27 bits per heavy atom. The number of carbonyl (C=O) groups is 2. The van der Waals surface area contributed by atoms with Crippen LogP contribution in [0.3, 0.4) is 0 Å². The fourth-order valence-corrected chi connectivity index (χ4v) is 3.10. The van der Waals surface area contributed by atoms with Crippen LogP contribution in [0.2, 0.25) is 10.0 Å². The molecular weight excluding hydrogens is 373 g/mol. The van der Waals surface area contributed by atoms with E-state index >= 15 is 0 Å². The van der Waals surface area contributed by atoms with Crippen molar-refractivity contribution in [3.05, 3.63) is 64.1 Å². The first-order chi connectivity index (χ1) is 12.4. The molecule has 2 atom stereocenters. The Hall–Kier alpha value is -2.04. The lowest BCUT2D eigenvalue weighted by Gasteiger charge is -2.19. The maximum atomic E-state index is 12.6. The largest absolute Gasteiger partial charge is 0.452 e. The van der Waals surface area contributed by atoms with Gasteiger partial charge >= 0.3 is 5.97 Å². The molecule has 0 aliphatic carbocycles. The van der Waals surface area contributed by atoms with E-state index in [4.69, 9.17) is 27.9 Å². The molecule has 4 nitrogen and oxygen atoms in total. The number of nitrogens with one attached hydrogen (secondary N) is 1. The molecule has 2 aromatic rings. The van der Waals surface area contributed by atoms with E-state index in [1.54, 1.807) is 18.2 Å². The van der Waals surface area contributed by atoms with E-state index in [2.05, 4.69) is 5.32 Å². The van der Waals surface area contributed by atoms with Gasteiger partial charge in [0.2, 0.25) is 0 Å². The first-order valence-electron chi connectivity index (χ1n) is 8.43. The number of benzene rings is 2. The lowest BCUT2D eigenvalue weighted by molar-refractivity contribution is -0.154. The van der Waals surface area contributed by atoms with Gasteiger partial charge in [0.15, 0.2) is 6.10 Å². The van der Waals surface area contributed by atoms with E-state index in [1.165, 1.54) is 6.92 Å². The Morgan fingerprint density at radius 1 is 1.08 bits per heavy atom. The molecule has 0 saturated heterocycles. The quantitative estimate of drug-likeness (QED) is 0.636. The monoisotopic (exact) mass is 393 g/mol. The van der Waals surface area contributed by atoms with Gasteiger partial charge in [0, 0.05) is 15.7 Å². The predicted octanol–water partition coefficient (Wildman–Crippen LogP) is 5.45. The third-order valence-corrected chi connectivity index (χ3v) is 4.29. The van der Waals surface area contributed by atoms with Crippen molar-refractivity contribution >= 4 is 40.8 Å². The number of anilines is 1. The van der Waals surface area contributed by atoms with Gasteiger partial charge in [-0.25, -0.2) is 0 Å². The van der Waals surface area contributed by atoms with Crippen LogP contribution >= 0.6 is 23.2 Å². The molecule has 1 amide bonds. The lowest BCUT2D eigenvalue weighted by Crippen LogP contribution is -2.31. The van der Waals surface area contributed by atoms with E-state index in [9.17, 15) is 9.59 Å². The summed E-state index contributed by atoms with van der Waals surface area (Å²) in [5, 5.41) is 3.47. The summed E-state index contributed by atoms with van der Waals surface area (Å²) in [5.41, 5.74) is 1.33. The van der Waals surface area contributed by atoms with Crippen molar-refractivity contribution < 1.29 is 14.3 Å². The third kappa shape index (κ3) is 5.75. The highest BCUT2D eigenvalue weighted by molar-refractivity contribution is 6.35. The van der Waals surface area contributed by atoms with Crippen molar-refractivity contribution in [1.82, 2.24) is 0 Å². The summed E-state index contributed by atoms with van der Waals surface area (Å²) in [4.78, 5) is 24.9. The van der Waals surface area contributed by atoms with Gasteiger partial charge in [0.1, 0.15) is 0 Å². The number of rotatable bonds is 7. The molecule has 0 radical (unpaired) electrons. The van der Waals surface area contributed by atoms with Crippen LogP contribution in [0.4, 0.5) is 5.69 Å². The van der Waals surface area contributed by atoms with Crippen molar-refractivity contribution in [3.8, 4) is 0 Å². The Balaban J connectivity index is 2.03. The van der Waals surface area contributed by atoms with Crippen LogP contribution in [-0.2, 0) is 14.3 Å². The number of esters is 1. The fraction of sp³-hybridized carbons (Fsp3) is 0.300. The summed E-state index contributed by atoms with van der Waals surface area (Å²) in [6.45, 7) is 3.54. The topological polar surface area (TPSA) is 55.4 Å². The Morgan fingerprint density at radius 2 is 1.69 bits per heavy atom. The number of carbonyl (C=O) groups excluding carboxylic acids is 2. The van der Waals surface area contributed by atoms with Crippen LogP contribution in [-0.4, -0.2) is 18.0 Å². The molecule has 0 aromatic heterocycles. The SMILES string of the molecule is CCCC(C(=O)OC(C)C(=O)Nc1cc(Cl)cc(Cl)c1)c1ccccc1. The molecule has 2 aromatic carbocycles. The fourth-order valence-electron chi connectivity index (χ4n) is 2.57. The number of ether oxygens (including phenoxy) is 1. The maximum absolute atomic E-state index is 12.6. The van der Waals surface area contributed by atoms with Gasteiger partial charge in [0.05, 0.1) is 5.92 Å². The first-order valence-corrected chi connectivity index (χ1v) is 9.18. The second-order valence-electron chi connectivity index (χ2n) is 5.98. The molecule has 138 valence electrons. The van der Waals surface area contributed by atoms with E-state index in [0.717, 1.165) is 12.0 Å². The summed E-state index contributed by atoms with van der Waals surface area (Å²) in [7, 11) is 0. The zero-order valence-electron chi connectivity index (χ0n) is 14.7. The Labute approximate surface area is 163 Å². The van der Waals surface area contributed by atoms with Gasteiger partial charge in [-0.2, -0.15) is 0 Å². The average Bonchev–Trinajstić information content (AvgIpc) is 2.59.